The van der Waals surface area contributed by atoms with Gasteiger partial charge in [-0.15, -0.1) is 0 Å². The Labute approximate surface area is 150 Å². The number of fused-ring (bicyclic) bond motifs is 1. The summed E-state index contributed by atoms with van der Waals surface area (Å²) in [7, 11) is 0. The zero-order chi connectivity index (χ0) is 19.1. The smallest absolute Gasteiger partial charge is 0.322 e. The number of carbonyl (C=O) groups excluding carboxylic acids is 2. The van der Waals surface area contributed by atoms with E-state index in [0.29, 0.717) is 5.75 Å². The molecule has 2 unspecified atom stereocenters. The summed E-state index contributed by atoms with van der Waals surface area (Å²) in [5, 5.41) is 10.9. The number of Topliss-reactive ketones (excluding diaryl/α,β-unsaturated/α-hetero) is 1. The topological polar surface area (TPSA) is 116 Å². The van der Waals surface area contributed by atoms with Gasteiger partial charge in [-0.2, -0.15) is 0 Å². The molecule has 2 aromatic carbocycles. The van der Waals surface area contributed by atoms with Gasteiger partial charge in [-0.3, -0.25) is 14.4 Å². The van der Waals surface area contributed by atoms with Crippen molar-refractivity contribution >= 4 is 28.5 Å². The van der Waals surface area contributed by atoms with Crippen LogP contribution in [0.4, 0.5) is 0 Å². The van der Waals surface area contributed by atoms with Crippen LogP contribution >= 0.6 is 0 Å². The van der Waals surface area contributed by atoms with Crippen LogP contribution in [0.15, 0.2) is 55.1 Å². The fraction of sp³-hybridized carbons (Fsp3) is 0.211. The molecule has 0 aliphatic rings. The summed E-state index contributed by atoms with van der Waals surface area (Å²) in [6, 6.07) is 11.2. The molecule has 136 valence electrons. The van der Waals surface area contributed by atoms with Gasteiger partial charge in [0.15, 0.2) is 11.7 Å². The summed E-state index contributed by atoms with van der Waals surface area (Å²) < 4.78 is 10.2. The normalized spacial score (nSPS) is 12.8. The van der Waals surface area contributed by atoms with Crippen molar-refractivity contribution in [2.24, 2.45) is 11.7 Å². The molecule has 0 saturated heterocycles. The van der Waals surface area contributed by atoms with Crippen molar-refractivity contribution in [1.29, 1.82) is 0 Å². The van der Waals surface area contributed by atoms with Crippen molar-refractivity contribution in [3.8, 4) is 5.75 Å². The minimum atomic E-state index is -1.81. The zero-order valence-electron chi connectivity index (χ0n) is 14.0. The van der Waals surface area contributed by atoms with Crippen molar-refractivity contribution in [1.82, 2.24) is 0 Å². The lowest BCUT2D eigenvalue weighted by Gasteiger charge is -2.18. The van der Waals surface area contributed by atoms with E-state index in [2.05, 4.69) is 6.58 Å². The summed E-state index contributed by atoms with van der Waals surface area (Å²) in [5.41, 5.74) is 5.67. The maximum Gasteiger partial charge on any atom is 0.322 e. The van der Waals surface area contributed by atoms with Crippen molar-refractivity contribution in [2.45, 2.75) is 6.04 Å². The van der Waals surface area contributed by atoms with Crippen LogP contribution in [0, 0.1) is 5.92 Å². The number of hydrogen-bond acceptors (Lipinski definition) is 6. The Kier molecular flexibility index (Phi) is 6.46. The SMILES string of the molecule is C=CCOC(=O)C(C(=O)O)C(N)C(=O)COc1cccc2ccccc12. The summed E-state index contributed by atoms with van der Waals surface area (Å²) in [5.74, 6) is -4.70. The maximum absolute atomic E-state index is 12.2. The Morgan fingerprint density at radius 2 is 1.85 bits per heavy atom. The van der Waals surface area contributed by atoms with Gasteiger partial charge in [0.05, 0.1) is 6.04 Å². The number of carboxylic acids is 1. The number of esters is 1. The average molecular weight is 357 g/mol. The van der Waals surface area contributed by atoms with Crippen LogP contribution in [0.1, 0.15) is 0 Å². The summed E-state index contributed by atoms with van der Waals surface area (Å²) in [4.78, 5) is 35.3. The van der Waals surface area contributed by atoms with Crippen LogP contribution < -0.4 is 10.5 Å². The minimum absolute atomic E-state index is 0.171. The number of ketones is 1. The predicted molar refractivity (Wildman–Crippen MR) is 94.7 cm³/mol. The van der Waals surface area contributed by atoms with Crippen LogP contribution in [-0.4, -0.2) is 42.1 Å². The van der Waals surface area contributed by atoms with Gasteiger partial charge in [-0.05, 0) is 11.5 Å². The van der Waals surface area contributed by atoms with Crippen LogP contribution in [0.25, 0.3) is 10.8 Å². The molecule has 0 aliphatic heterocycles. The van der Waals surface area contributed by atoms with Gasteiger partial charge in [-0.1, -0.05) is 49.1 Å². The molecule has 0 fully saturated rings. The Morgan fingerprint density at radius 1 is 1.15 bits per heavy atom. The van der Waals surface area contributed by atoms with Crippen molar-refractivity contribution < 1.29 is 29.0 Å². The average Bonchev–Trinajstić information content (AvgIpc) is 2.64. The minimum Gasteiger partial charge on any atom is -0.485 e. The summed E-state index contributed by atoms with van der Waals surface area (Å²) in [6.07, 6.45) is 1.29. The van der Waals surface area contributed by atoms with Crippen molar-refractivity contribution in [2.75, 3.05) is 13.2 Å². The van der Waals surface area contributed by atoms with Crippen molar-refractivity contribution in [3.05, 3.63) is 55.1 Å². The molecule has 0 radical (unpaired) electrons. The molecule has 3 N–H and O–H groups in total. The first-order valence-corrected chi connectivity index (χ1v) is 7.85. The Morgan fingerprint density at radius 3 is 2.54 bits per heavy atom. The molecule has 2 atom stereocenters. The highest BCUT2D eigenvalue weighted by molar-refractivity contribution is 6.02. The number of aliphatic carboxylic acids is 1. The van der Waals surface area contributed by atoms with Gasteiger partial charge in [0, 0.05) is 5.39 Å². The van der Waals surface area contributed by atoms with E-state index in [1.165, 1.54) is 6.08 Å². The quantitative estimate of drug-likeness (QED) is 0.397. The number of nitrogens with two attached hydrogens (primary N) is 1. The fourth-order valence-corrected chi connectivity index (χ4v) is 2.38. The third-order valence-electron chi connectivity index (χ3n) is 3.71. The first kappa shape index (κ1) is 19.1. The van der Waals surface area contributed by atoms with E-state index < -0.39 is 36.3 Å². The number of benzene rings is 2. The number of carboxylic acid groups (broad SMARTS) is 1. The Balaban J connectivity index is 2.08. The van der Waals surface area contributed by atoms with E-state index in [0.717, 1.165) is 10.8 Å². The largest absolute Gasteiger partial charge is 0.485 e. The highest BCUT2D eigenvalue weighted by Gasteiger charge is 2.38. The molecule has 0 aliphatic carbocycles. The van der Waals surface area contributed by atoms with Crippen LogP contribution in [-0.2, 0) is 19.1 Å². The monoisotopic (exact) mass is 357 g/mol. The number of hydrogen-bond donors (Lipinski definition) is 2. The molecule has 0 aromatic heterocycles. The predicted octanol–water partition coefficient (Wildman–Crippen LogP) is 1.55. The van der Waals surface area contributed by atoms with E-state index in [1.54, 1.807) is 12.1 Å². The Bertz CT molecular complexity index is 826. The van der Waals surface area contributed by atoms with Gasteiger partial charge in [0.1, 0.15) is 19.0 Å². The first-order chi connectivity index (χ1) is 12.5. The maximum atomic E-state index is 12.2. The molecule has 7 heteroatoms. The lowest BCUT2D eigenvalue weighted by atomic mass is 9.97. The van der Waals surface area contributed by atoms with Gasteiger partial charge in [0.25, 0.3) is 0 Å². The molecule has 2 aromatic rings. The Hall–Kier alpha value is -3.19. The molecule has 0 spiro atoms. The van der Waals surface area contributed by atoms with Crippen LogP contribution in [0.5, 0.6) is 5.75 Å². The molecule has 0 amide bonds. The van der Waals surface area contributed by atoms with Crippen LogP contribution in [0.2, 0.25) is 0 Å². The van der Waals surface area contributed by atoms with Crippen molar-refractivity contribution in [3.63, 3.8) is 0 Å². The van der Waals surface area contributed by atoms with E-state index >= 15 is 0 Å². The standard InChI is InChI=1S/C19H19NO6/c1-2-10-25-19(24)16(18(22)23)17(20)14(21)11-26-15-9-5-7-12-6-3-4-8-13(12)15/h2-9,16-17H,1,10-11,20H2,(H,22,23). The molecule has 0 saturated carbocycles. The third kappa shape index (κ3) is 4.46. The van der Waals surface area contributed by atoms with Gasteiger partial charge < -0.3 is 20.3 Å². The first-order valence-electron chi connectivity index (χ1n) is 7.85. The molecule has 26 heavy (non-hydrogen) atoms. The van der Waals surface area contributed by atoms with Gasteiger partial charge >= 0.3 is 11.9 Å². The second kappa shape index (κ2) is 8.77. The van der Waals surface area contributed by atoms with E-state index in [-0.39, 0.29) is 6.61 Å². The number of rotatable bonds is 9. The molecular weight excluding hydrogens is 338 g/mol. The summed E-state index contributed by atoms with van der Waals surface area (Å²) >= 11 is 0. The third-order valence-corrected chi connectivity index (χ3v) is 3.71. The molecular formula is C19H19NO6. The lowest BCUT2D eigenvalue weighted by Crippen LogP contribution is -2.48. The summed E-state index contributed by atoms with van der Waals surface area (Å²) in [6.45, 7) is 2.73. The highest BCUT2D eigenvalue weighted by Crippen LogP contribution is 2.25. The van der Waals surface area contributed by atoms with E-state index in [4.69, 9.17) is 15.2 Å². The molecule has 0 bridgehead atoms. The van der Waals surface area contributed by atoms with Gasteiger partial charge in [0.2, 0.25) is 0 Å². The molecule has 7 nitrogen and oxygen atoms in total. The zero-order valence-corrected chi connectivity index (χ0v) is 14.0. The van der Waals surface area contributed by atoms with Gasteiger partial charge in [-0.25, -0.2) is 0 Å². The van der Waals surface area contributed by atoms with E-state index in [1.807, 2.05) is 30.3 Å². The number of carbonyl (C=O) groups is 3. The second-order valence-corrected chi connectivity index (χ2v) is 5.49. The molecule has 2 rings (SSSR count). The lowest BCUT2D eigenvalue weighted by molar-refractivity contribution is -0.160. The number of ether oxygens (including phenoxy) is 2. The fourth-order valence-electron chi connectivity index (χ4n) is 2.38. The molecule has 0 heterocycles. The highest BCUT2D eigenvalue weighted by atomic mass is 16.5. The van der Waals surface area contributed by atoms with E-state index in [9.17, 15) is 19.5 Å². The second-order valence-electron chi connectivity index (χ2n) is 5.49. The van der Waals surface area contributed by atoms with Crippen LogP contribution in [0.3, 0.4) is 0 Å².